The minimum Gasteiger partial charge on any atom is -0.484 e. The fraction of sp³-hybridized carbons (Fsp3) is 0.0667. The van der Waals surface area contributed by atoms with Crippen LogP contribution in [0.15, 0.2) is 46.9 Å². The molecule has 0 saturated heterocycles. The summed E-state index contributed by atoms with van der Waals surface area (Å²) in [6, 6.07) is 12.1. The lowest BCUT2D eigenvalue weighted by Crippen LogP contribution is -1.95. The van der Waals surface area contributed by atoms with E-state index in [4.69, 9.17) is 44.0 Å². The van der Waals surface area contributed by atoms with Crippen LogP contribution in [0.1, 0.15) is 5.89 Å². The lowest BCUT2D eigenvalue weighted by atomic mass is 10.2. The van der Waals surface area contributed by atoms with Crippen LogP contribution in [-0.4, -0.2) is 10.2 Å². The van der Waals surface area contributed by atoms with Gasteiger partial charge in [-0.1, -0.05) is 34.8 Å². The molecule has 22 heavy (non-hydrogen) atoms. The largest absolute Gasteiger partial charge is 0.484 e. The van der Waals surface area contributed by atoms with Crippen LogP contribution in [0, 0.1) is 0 Å². The molecule has 0 aliphatic rings. The van der Waals surface area contributed by atoms with E-state index in [1.165, 1.54) is 0 Å². The van der Waals surface area contributed by atoms with Crippen LogP contribution < -0.4 is 4.74 Å². The molecule has 2 aromatic carbocycles. The predicted molar refractivity (Wildman–Crippen MR) is 85.5 cm³/mol. The van der Waals surface area contributed by atoms with Crippen molar-refractivity contribution in [2.24, 2.45) is 0 Å². The van der Waals surface area contributed by atoms with Crippen LogP contribution in [0.3, 0.4) is 0 Å². The third-order valence-electron chi connectivity index (χ3n) is 2.76. The van der Waals surface area contributed by atoms with Gasteiger partial charge in [-0.25, -0.2) is 0 Å². The molecule has 112 valence electrons. The van der Waals surface area contributed by atoms with Crippen LogP contribution in [-0.2, 0) is 6.61 Å². The van der Waals surface area contributed by atoms with E-state index < -0.39 is 0 Å². The number of nitrogens with zero attached hydrogens (tertiary/aromatic N) is 2. The molecular formula is C15H9Cl3N2O2. The average Bonchev–Trinajstić information content (AvgIpc) is 2.94. The molecule has 1 heterocycles. The molecule has 3 rings (SSSR count). The van der Waals surface area contributed by atoms with Gasteiger partial charge < -0.3 is 9.15 Å². The first-order valence-electron chi connectivity index (χ1n) is 6.27. The van der Waals surface area contributed by atoms with E-state index in [2.05, 4.69) is 10.2 Å². The Morgan fingerprint density at radius 2 is 1.55 bits per heavy atom. The molecule has 7 heteroatoms. The van der Waals surface area contributed by atoms with Crippen LogP contribution in [0.2, 0.25) is 15.1 Å². The van der Waals surface area contributed by atoms with Gasteiger partial charge in [0.15, 0.2) is 6.61 Å². The van der Waals surface area contributed by atoms with Gasteiger partial charge in [0.25, 0.3) is 5.89 Å². The predicted octanol–water partition coefficient (Wildman–Crippen LogP) is 5.28. The maximum Gasteiger partial charge on any atom is 0.254 e. The molecule has 0 amide bonds. The topological polar surface area (TPSA) is 48.2 Å². The van der Waals surface area contributed by atoms with Gasteiger partial charge >= 0.3 is 0 Å². The summed E-state index contributed by atoms with van der Waals surface area (Å²) in [5.74, 6) is 1.28. The van der Waals surface area contributed by atoms with Gasteiger partial charge in [0, 0.05) is 20.6 Å². The zero-order valence-electron chi connectivity index (χ0n) is 11.1. The van der Waals surface area contributed by atoms with Gasteiger partial charge in [-0.05, 0) is 42.5 Å². The molecule has 0 atom stereocenters. The van der Waals surface area contributed by atoms with Crippen molar-refractivity contribution >= 4 is 34.8 Å². The number of hydrogen-bond donors (Lipinski definition) is 0. The second-order valence-corrected chi connectivity index (χ2v) is 5.71. The van der Waals surface area contributed by atoms with Crippen LogP contribution >= 0.6 is 34.8 Å². The molecular weight excluding hydrogens is 347 g/mol. The van der Waals surface area contributed by atoms with Crippen molar-refractivity contribution in [3.63, 3.8) is 0 Å². The lowest BCUT2D eigenvalue weighted by Gasteiger charge is -2.04. The monoisotopic (exact) mass is 354 g/mol. The van der Waals surface area contributed by atoms with Crippen molar-refractivity contribution in [2.45, 2.75) is 6.61 Å². The molecule has 0 unspecified atom stereocenters. The Labute approximate surface area is 141 Å². The summed E-state index contributed by atoms with van der Waals surface area (Å²) < 4.78 is 11.1. The number of aromatic nitrogens is 2. The summed E-state index contributed by atoms with van der Waals surface area (Å²) >= 11 is 17.6. The van der Waals surface area contributed by atoms with Crippen molar-refractivity contribution in [3.05, 3.63) is 63.4 Å². The Bertz CT molecular complexity index is 767. The second kappa shape index (κ2) is 6.57. The smallest absolute Gasteiger partial charge is 0.254 e. The summed E-state index contributed by atoms with van der Waals surface area (Å²) in [7, 11) is 0. The SMILES string of the molecule is Clc1ccc(-c2nnc(COc3cc(Cl)cc(Cl)c3)o2)cc1. The highest BCUT2D eigenvalue weighted by Crippen LogP contribution is 2.25. The highest BCUT2D eigenvalue weighted by atomic mass is 35.5. The first-order valence-corrected chi connectivity index (χ1v) is 7.41. The van der Waals surface area contributed by atoms with E-state index >= 15 is 0 Å². The van der Waals surface area contributed by atoms with E-state index in [0.717, 1.165) is 5.56 Å². The minimum atomic E-state index is 0.122. The molecule has 0 fully saturated rings. The van der Waals surface area contributed by atoms with Crippen LogP contribution in [0.25, 0.3) is 11.5 Å². The number of benzene rings is 2. The molecule has 1 aromatic heterocycles. The lowest BCUT2D eigenvalue weighted by molar-refractivity contribution is 0.264. The van der Waals surface area contributed by atoms with Crippen molar-refractivity contribution in [3.8, 4) is 17.2 Å². The highest BCUT2D eigenvalue weighted by molar-refractivity contribution is 6.34. The van der Waals surface area contributed by atoms with Crippen LogP contribution in [0.4, 0.5) is 0 Å². The van der Waals surface area contributed by atoms with Gasteiger partial charge in [-0.2, -0.15) is 0 Å². The Morgan fingerprint density at radius 1 is 0.864 bits per heavy atom. The van der Waals surface area contributed by atoms with Gasteiger partial charge in [0.05, 0.1) is 0 Å². The highest BCUT2D eigenvalue weighted by Gasteiger charge is 2.09. The Hall–Kier alpha value is -1.75. The second-order valence-electron chi connectivity index (χ2n) is 4.40. The van der Waals surface area contributed by atoms with E-state index in [9.17, 15) is 0 Å². The normalized spacial score (nSPS) is 10.7. The molecule has 0 radical (unpaired) electrons. The zero-order valence-corrected chi connectivity index (χ0v) is 13.4. The molecule has 0 aliphatic carbocycles. The first-order chi connectivity index (χ1) is 10.6. The molecule has 3 aromatic rings. The third-order valence-corrected chi connectivity index (χ3v) is 3.44. The number of hydrogen-bond acceptors (Lipinski definition) is 4. The minimum absolute atomic E-state index is 0.122. The summed E-state index contributed by atoms with van der Waals surface area (Å²) in [6.07, 6.45) is 0. The Kier molecular flexibility index (Phi) is 4.52. The van der Waals surface area contributed by atoms with Gasteiger partial charge in [0.2, 0.25) is 5.89 Å². The van der Waals surface area contributed by atoms with Crippen molar-refractivity contribution in [1.29, 1.82) is 0 Å². The number of ether oxygens (including phenoxy) is 1. The Balaban J connectivity index is 1.70. The molecule has 0 aliphatic heterocycles. The van der Waals surface area contributed by atoms with E-state index in [-0.39, 0.29) is 6.61 Å². The van der Waals surface area contributed by atoms with Crippen LogP contribution in [0.5, 0.6) is 5.75 Å². The molecule has 0 saturated carbocycles. The fourth-order valence-corrected chi connectivity index (χ4v) is 2.41. The molecule has 0 N–H and O–H groups in total. The summed E-state index contributed by atoms with van der Waals surface area (Å²) in [5, 5.41) is 9.54. The number of halogens is 3. The first kappa shape index (κ1) is 15.2. The number of rotatable bonds is 4. The molecule has 0 bridgehead atoms. The third kappa shape index (κ3) is 3.71. The Morgan fingerprint density at radius 3 is 2.23 bits per heavy atom. The van der Waals surface area contributed by atoms with Crippen molar-refractivity contribution in [1.82, 2.24) is 10.2 Å². The summed E-state index contributed by atoms with van der Waals surface area (Å²) in [6.45, 7) is 0.122. The molecule has 0 spiro atoms. The van der Waals surface area contributed by atoms with Gasteiger partial charge in [0.1, 0.15) is 5.75 Å². The van der Waals surface area contributed by atoms with E-state index in [0.29, 0.717) is 32.6 Å². The van der Waals surface area contributed by atoms with Crippen molar-refractivity contribution in [2.75, 3.05) is 0 Å². The average molecular weight is 356 g/mol. The van der Waals surface area contributed by atoms with Gasteiger partial charge in [-0.15, -0.1) is 10.2 Å². The van der Waals surface area contributed by atoms with Gasteiger partial charge in [-0.3, -0.25) is 0 Å². The summed E-state index contributed by atoms with van der Waals surface area (Å²) in [4.78, 5) is 0. The standard InChI is InChI=1S/C15H9Cl3N2O2/c16-10-3-1-9(2-4-10)15-20-19-14(22-15)8-21-13-6-11(17)5-12(18)7-13/h1-7H,8H2. The molecule has 4 nitrogen and oxygen atoms in total. The van der Waals surface area contributed by atoms with E-state index in [1.807, 2.05) is 0 Å². The zero-order chi connectivity index (χ0) is 15.5. The fourth-order valence-electron chi connectivity index (χ4n) is 1.78. The quantitative estimate of drug-likeness (QED) is 0.639. The summed E-state index contributed by atoms with van der Waals surface area (Å²) in [5.41, 5.74) is 0.786. The maximum absolute atomic E-state index is 5.90. The maximum atomic E-state index is 5.90. The van der Waals surface area contributed by atoms with Crippen molar-refractivity contribution < 1.29 is 9.15 Å². The van der Waals surface area contributed by atoms with E-state index in [1.54, 1.807) is 42.5 Å².